The highest BCUT2D eigenvalue weighted by Crippen LogP contribution is 2.41. The Bertz CT molecular complexity index is 1410. The summed E-state index contributed by atoms with van der Waals surface area (Å²) in [7, 11) is 0. The second-order valence-electron chi connectivity index (χ2n) is 11.2. The predicted octanol–water partition coefficient (Wildman–Crippen LogP) is 5.23. The molecule has 12 heteroatoms. The quantitative estimate of drug-likeness (QED) is 0.326. The molecule has 0 radical (unpaired) electrons. The van der Waals surface area contributed by atoms with Gasteiger partial charge in [0, 0.05) is 31.3 Å². The number of nitrogens with one attached hydrogen (secondary N) is 1. The monoisotopic (exact) mass is 585 g/mol. The van der Waals surface area contributed by atoms with Crippen molar-refractivity contribution in [1.82, 2.24) is 15.3 Å². The first-order chi connectivity index (χ1) is 19.9. The minimum atomic E-state index is -4.72. The highest BCUT2D eigenvalue weighted by Gasteiger charge is 2.45. The summed E-state index contributed by atoms with van der Waals surface area (Å²) in [5.41, 5.74) is 7.22. The number of anilines is 2. The molecule has 42 heavy (non-hydrogen) atoms. The molecule has 224 valence electrons. The molecule has 2 saturated heterocycles. The number of rotatable bonds is 8. The SMILES string of the molecule is CC(C)Oc1cccc(-c2ccc([C@@H](Oc3cc(N4CCC5(CC4)CNC(C(=O)O)C5)nc(N)n3)C(F)(F)F)cc2)c1. The van der Waals surface area contributed by atoms with E-state index in [2.05, 4.69) is 15.3 Å². The molecule has 1 aromatic heterocycles. The van der Waals surface area contributed by atoms with Crippen LogP contribution in [0.25, 0.3) is 11.1 Å². The van der Waals surface area contributed by atoms with Crippen LogP contribution in [-0.2, 0) is 4.79 Å². The van der Waals surface area contributed by atoms with Gasteiger partial charge in [0.25, 0.3) is 0 Å². The van der Waals surface area contributed by atoms with E-state index in [1.807, 2.05) is 43.0 Å². The van der Waals surface area contributed by atoms with Crippen LogP contribution in [0, 0.1) is 5.41 Å². The Labute approximate surface area is 241 Å². The van der Waals surface area contributed by atoms with Crippen molar-refractivity contribution in [3.8, 4) is 22.8 Å². The first kappa shape index (κ1) is 29.4. The van der Waals surface area contributed by atoms with Crippen molar-refractivity contribution in [2.75, 3.05) is 30.3 Å². The summed E-state index contributed by atoms with van der Waals surface area (Å²) in [4.78, 5) is 21.5. The Kier molecular flexibility index (Phi) is 8.18. The van der Waals surface area contributed by atoms with Crippen molar-refractivity contribution >= 4 is 17.7 Å². The molecule has 2 fully saturated rings. The van der Waals surface area contributed by atoms with Crippen LogP contribution >= 0.6 is 0 Å². The highest BCUT2D eigenvalue weighted by molar-refractivity contribution is 5.74. The molecule has 1 spiro atoms. The molecule has 2 aliphatic rings. The van der Waals surface area contributed by atoms with E-state index in [1.54, 1.807) is 12.1 Å². The van der Waals surface area contributed by atoms with Crippen molar-refractivity contribution in [1.29, 1.82) is 0 Å². The third kappa shape index (κ3) is 6.70. The zero-order valence-electron chi connectivity index (χ0n) is 23.4. The van der Waals surface area contributed by atoms with Crippen LogP contribution in [0.3, 0.4) is 0 Å². The van der Waals surface area contributed by atoms with E-state index in [0.29, 0.717) is 50.5 Å². The van der Waals surface area contributed by atoms with Gasteiger partial charge in [0.1, 0.15) is 17.6 Å². The van der Waals surface area contributed by atoms with Crippen LogP contribution in [0.2, 0.25) is 0 Å². The second-order valence-corrected chi connectivity index (χ2v) is 11.2. The van der Waals surface area contributed by atoms with Gasteiger partial charge in [0.15, 0.2) is 0 Å². The van der Waals surface area contributed by atoms with Crippen LogP contribution in [0.5, 0.6) is 11.6 Å². The summed E-state index contributed by atoms with van der Waals surface area (Å²) in [5, 5.41) is 12.4. The number of hydrogen-bond donors (Lipinski definition) is 3. The van der Waals surface area contributed by atoms with E-state index in [1.165, 1.54) is 18.2 Å². The molecule has 3 aromatic rings. The van der Waals surface area contributed by atoms with Crippen molar-refractivity contribution < 1.29 is 32.5 Å². The first-order valence-electron chi connectivity index (χ1n) is 13.9. The van der Waals surface area contributed by atoms with Crippen molar-refractivity contribution in [3.05, 3.63) is 60.2 Å². The number of alkyl halides is 3. The average molecular weight is 586 g/mol. The number of ether oxygens (including phenoxy) is 2. The third-order valence-electron chi connectivity index (χ3n) is 7.80. The molecule has 3 heterocycles. The molecular formula is C30H34F3N5O4. The van der Waals surface area contributed by atoms with Crippen LogP contribution in [-0.4, -0.2) is 59.0 Å². The molecular weight excluding hydrogens is 551 g/mol. The number of benzene rings is 2. The molecule has 0 bridgehead atoms. The number of aromatic nitrogens is 2. The average Bonchev–Trinajstić information content (AvgIpc) is 3.35. The zero-order valence-corrected chi connectivity index (χ0v) is 23.4. The summed E-state index contributed by atoms with van der Waals surface area (Å²) in [6.45, 7) is 5.55. The van der Waals surface area contributed by atoms with Gasteiger partial charge in [-0.3, -0.25) is 4.79 Å². The zero-order chi connectivity index (χ0) is 30.1. The third-order valence-corrected chi connectivity index (χ3v) is 7.80. The maximum Gasteiger partial charge on any atom is 0.429 e. The molecule has 4 N–H and O–H groups in total. The number of carboxylic acids is 1. The lowest BCUT2D eigenvalue weighted by Crippen LogP contribution is -2.41. The van der Waals surface area contributed by atoms with Gasteiger partial charge in [-0.25, -0.2) is 0 Å². The lowest BCUT2D eigenvalue weighted by atomic mass is 9.76. The van der Waals surface area contributed by atoms with Crippen LogP contribution in [0.1, 0.15) is 44.8 Å². The smallest absolute Gasteiger partial charge is 0.429 e. The van der Waals surface area contributed by atoms with Crippen LogP contribution in [0.15, 0.2) is 54.6 Å². The Balaban J connectivity index is 1.31. The predicted molar refractivity (Wildman–Crippen MR) is 151 cm³/mol. The summed E-state index contributed by atoms with van der Waals surface area (Å²) >= 11 is 0. The van der Waals surface area contributed by atoms with Gasteiger partial charge in [-0.1, -0.05) is 36.4 Å². The van der Waals surface area contributed by atoms with E-state index in [9.17, 15) is 23.1 Å². The number of hydrogen-bond acceptors (Lipinski definition) is 8. The second kappa shape index (κ2) is 11.7. The van der Waals surface area contributed by atoms with Crippen molar-refractivity contribution in [3.63, 3.8) is 0 Å². The Morgan fingerprint density at radius 2 is 1.79 bits per heavy atom. The van der Waals surface area contributed by atoms with Crippen LogP contribution in [0.4, 0.5) is 24.9 Å². The van der Waals surface area contributed by atoms with E-state index in [4.69, 9.17) is 15.2 Å². The highest BCUT2D eigenvalue weighted by atomic mass is 19.4. The van der Waals surface area contributed by atoms with Crippen molar-refractivity contribution in [2.45, 2.75) is 57.5 Å². The molecule has 0 saturated carbocycles. The molecule has 5 rings (SSSR count). The number of nitrogen functional groups attached to an aromatic ring is 1. The fourth-order valence-corrected chi connectivity index (χ4v) is 5.65. The molecule has 1 unspecified atom stereocenters. The number of piperidine rings is 1. The van der Waals surface area contributed by atoms with Gasteiger partial charge in [0.2, 0.25) is 17.9 Å². The van der Waals surface area contributed by atoms with E-state index >= 15 is 0 Å². The first-order valence-corrected chi connectivity index (χ1v) is 13.9. The lowest BCUT2D eigenvalue weighted by molar-refractivity contribution is -0.198. The van der Waals surface area contributed by atoms with Gasteiger partial charge in [-0.05, 0) is 61.8 Å². The molecule has 2 atom stereocenters. The summed E-state index contributed by atoms with van der Waals surface area (Å²) in [6, 6.07) is 14.2. The number of carbonyl (C=O) groups is 1. The van der Waals surface area contributed by atoms with E-state index < -0.39 is 24.3 Å². The summed E-state index contributed by atoms with van der Waals surface area (Å²) in [5.74, 6) is -0.299. The van der Waals surface area contributed by atoms with Gasteiger partial charge < -0.3 is 30.5 Å². The van der Waals surface area contributed by atoms with Crippen LogP contribution < -0.4 is 25.4 Å². The summed E-state index contributed by atoms with van der Waals surface area (Å²) in [6.07, 6.45) is -5.03. The maximum atomic E-state index is 14.2. The minimum absolute atomic E-state index is 0.00797. The fourth-order valence-electron chi connectivity index (χ4n) is 5.65. The van der Waals surface area contributed by atoms with Crippen molar-refractivity contribution in [2.24, 2.45) is 5.41 Å². The van der Waals surface area contributed by atoms with Gasteiger partial charge in [0.05, 0.1) is 6.10 Å². The fraction of sp³-hybridized carbons (Fsp3) is 0.433. The summed E-state index contributed by atoms with van der Waals surface area (Å²) < 4.78 is 53.9. The molecule has 2 aromatic carbocycles. The maximum absolute atomic E-state index is 14.2. The number of aliphatic carboxylic acids is 1. The van der Waals surface area contributed by atoms with Gasteiger partial charge in [-0.2, -0.15) is 23.1 Å². The Hall–Kier alpha value is -4.06. The Morgan fingerprint density at radius 1 is 1.07 bits per heavy atom. The molecule has 0 amide bonds. The minimum Gasteiger partial charge on any atom is -0.491 e. The molecule has 9 nitrogen and oxygen atoms in total. The molecule has 2 aliphatic heterocycles. The Morgan fingerprint density at radius 3 is 2.40 bits per heavy atom. The van der Waals surface area contributed by atoms with E-state index in [-0.39, 0.29) is 28.9 Å². The number of carboxylic acid groups (broad SMARTS) is 1. The molecule has 0 aliphatic carbocycles. The van der Waals surface area contributed by atoms with E-state index in [0.717, 1.165) is 11.1 Å². The van der Waals surface area contributed by atoms with Gasteiger partial charge >= 0.3 is 12.1 Å². The lowest BCUT2D eigenvalue weighted by Gasteiger charge is -2.39. The number of halogens is 3. The standard InChI is InChI=1S/C30H34F3N5O4/c1-18(2)41-22-5-3-4-21(14-22)19-6-8-20(9-7-19)26(30(31,32)33)42-25-15-24(36-28(34)37-25)38-12-10-29(11-13-38)16-23(27(39)40)35-17-29/h3-9,14-15,18,23,26,35H,10-13,16-17H2,1-2H3,(H,39,40)(H2,34,36,37)/t23?,26-/m1/s1. The topological polar surface area (TPSA) is 123 Å². The number of nitrogens with two attached hydrogens (primary N) is 1. The van der Waals surface area contributed by atoms with Gasteiger partial charge in [-0.15, -0.1) is 0 Å². The largest absolute Gasteiger partial charge is 0.491 e. The normalized spacial score (nSPS) is 19.2. The number of nitrogens with zero attached hydrogens (tertiary/aromatic N) is 3.